The van der Waals surface area contributed by atoms with Gasteiger partial charge in [0.05, 0.1) is 6.04 Å². The summed E-state index contributed by atoms with van der Waals surface area (Å²) in [6.45, 7) is 5.20. The summed E-state index contributed by atoms with van der Waals surface area (Å²) in [5, 5.41) is 3.72. The summed E-state index contributed by atoms with van der Waals surface area (Å²) in [5.41, 5.74) is 1.96. The predicted molar refractivity (Wildman–Crippen MR) is 115 cm³/mol. The van der Waals surface area contributed by atoms with E-state index in [2.05, 4.69) is 10.3 Å². The van der Waals surface area contributed by atoms with Gasteiger partial charge in [-0.05, 0) is 62.1 Å². The van der Waals surface area contributed by atoms with Crippen molar-refractivity contribution in [2.45, 2.75) is 38.8 Å². The normalized spacial score (nSPS) is 12.5. The van der Waals surface area contributed by atoms with E-state index in [9.17, 15) is 14.1 Å². The fourth-order valence-corrected chi connectivity index (χ4v) is 3.18. The number of ether oxygens (including phenoxy) is 1. The first-order valence-electron chi connectivity index (χ1n) is 9.11. The van der Waals surface area contributed by atoms with Crippen molar-refractivity contribution < 1.29 is 23.8 Å². The fourth-order valence-electron chi connectivity index (χ4n) is 2.65. The molecule has 30 heavy (non-hydrogen) atoms. The van der Waals surface area contributed by atoms with Gasteiger partial charge in [0.25, 0.3) is 0 Å². The second-order valence-corrected chi connectivity index (χ2v) is 8.44. The maximum absolute atomic E-state index is 12.1. The first-order valence-corrected chi connectivity index (χ1v) is 9.87. The van der Waals surface area contributed by atoms with E-state index in [1.54, 1.807) is 39.0 Å². The molecule has 0 fully saturated rings. The van der Waals surface area contributed by atoms with Crippen LogP contribution in [0, 0.1) is 0 Å². The van der Waals surface area contributed by atoms with Crippen LogP contribution in [0.4, 0.5) is 9.32 Å². The number of hydrogen-bond donors (Lipinski definition) is 1. The van der Waals surface area contributed by atoms with Gasteiger partial charge in [-0.2, -0.15) is 0 Å². The molecule has 1 unspecified atom stereocenters. The number of carbonyl (C=O) groups is 2. The van der Waals surface area contributed by atoms with Crippen LogP contribution in [0.3, 0.4) is 0 Å². The van der Waals surface area contributed by atoms with Gasteiger partial charge in [-0.25, -0.2) is 9.59 Å². The zero-order chi connectivity index (χ0) is 22.3. The molecule has 5 nitrogen and oxygen atoms in total. The standard InChI is InChI=1S/C22H22Cl2FNO4/c1-22(2,3)29-21(28)26-19(8-9-20(27)30-25)10-14-4-6-15(7-5-14)16-11-17(23)13-18(24)12-16/h4-9,11-13,19H,10H2,1-3H3,(H,26,28)/b9-8+. The van der Waals surface area contributed by atoms with Crippen LogP contribution in [0.25, 0.3) is 11.1 Å². The van der Waals surface area contributed by atoms with Crippen LogP contribution in [-0.4, -0.2) is 23.7 Å². The first kappa shape index (κ1) is 23.7. The fraction of sp³-hybridized carbons (Fsp3) is 0.273. The Morgan fingerprint density at radius 1 is 1.07 bits per heavy atom. The van der Waals surface area contributed by atoms with Gasteiger partial charge in [-0.1, -0.05) is 53.5 Å². The molecule has 0 saturated carbocycles. The third kappa shape index (κ3) is 8.05. The van der Waals surface area contributed by atoms with Gasteiger partial charge in [-0.15, -0.1) is 0 Å². The lowest BCUT2D eigenvalue weighted by atomic mass is 10.0. The average molecular weight is 454 g/mol. The highest BCUT2D eigenvalue weighted by atomic mass is 35.5. The van der Waals surface area contributed by atoms with Crippen LogP contribution in [0.2, 0.25) is 10.0 Å². The Morgan fingerprint density at radius 3 is 2.20 bits per heavy atom. The molecule has 8 heteroatoms. The van der Waals surface area contributed by atoms with Crippen LogP contribution in [0.5, 0.6) is 0 Å². The molecule has 0 bridgehead atoms. The molecular weight excluding hydrogens is 432 g/mol. The lowest BCUT2D eigenvalue weighted by Gasteiger charge is -2.22. The minimum Gasteiger partial charge on any atom is -0.444 e. The minimum absolute atomic E-state index is 0.339. The lowest BCUT2D eigenvalue weighted by molar-refractivity contribution is -0.176. The molecule has 0 aliphatic rings. The highest BCUT2D eigenvalue weighted by molar-refractivity contribution is 6.35. The second-order valence-electron chi connectivity index (χ2n) is 7.57. The van der Waals surface area contributed by atoms with Crippen molar-refractivity contribution in [3.63, 3.8) is 0 Å². The monoisotopic (exact) mass is 453 g/mol. The Kier molecular flexibility index (Phi) is 8.26. The number of rotatable bonds is 6. The first-order chi connectivity index (χ1) is 14.1. The van der Waals surface area contributed by atoms with Crippen LogP contribution < -0.4 is 5.32 Å². The zero-order valence-electron chi connectivity index (χ0n) is 16.7. The smallest absolute Gasteiger partial charge is 0.408 e. The summed E-state index contributed by atoms with van der Waals surface area (Å²) >= 11 is 12.1. The highest BCUT2D eigenvalue weighted by Gasteiger charge is 2.19. The number of alkyl carbamates (subject to hydrolysis) is 1. The predicted octanol–water partition coefficient (Wildman–Crippen LogP) is 6.08. The number of benzene rings is 2. The molecule has 0 spiro atoms. The molecule has 0 radical (unpaired) electrons. The molecule has 0 aromatic heterocycles. The molecule has 0 heterocycles. The van der Waals surface area contributed by atoms with E-state index in [1.807, 2.05) is 24.3 Å². The van der Waals surface area contributed by atoms with Crippen molar-refractivity contribution in [3.05, 3.63) is 70.2 Å². The van der Waals surface area contributed by atoms with E-state index in [0.29, 0.717) is 16.5 Å². The quantitative estimate of drug-likeness (QED) is 0.538. The molecule has 2 aromatic rings. The number of halogens is 3. The van der Waals surface area contributed by atoms with Crippen molar-refractivity contribution in [2.24, 2.45) is 0 Å². The van der Waals surface area contributed by atoms with Gasteiger partial charge in [0.15, 0.2) is 0 Å². The molecule has 1 N–H and O–H groups in total. The molecule has 160 valence electrons. The Balaban J connectivity index is 2.16. The van der Waals surface area contributed by atoms with Crippen molar-refractivity contribution in [3.8, 4) is 11.1 Å². The minimum atomic E-state index is -1.17. The molecule has 1 atom stereocenters. The number of hydrogen-bond acceptors (Lipinski definition) is 4. The summed E-state index contributed by atoms with van der Waals surface area (Å²) < 4.78 is 17.2. The Bertz CT molecular complexity index is 903. The third-order valence-electron chi connectivity index (χ3n) is 3.85. The van der Waals surface area contributed by atoms with E-state index in [4.69, 9.17) is 27.9 Å². The van der Waals surface area contributed by atoms with Gasteiger partial charge in [-0.3, -0.25) is 4.94 Å². The summed E-state index contributed by atoms with van der Waals surface area (Å²) in [4.78, 5) is 26.3. The SMILES string of the molecule is CC(C)(C)OC(=O)NC(/C=C/C(=O)OF)Cc1ccc(-c2cc(Cl)cc(Cl)c2)cc1. The number of nitrogens with one attached hydrogen (secondary N) is 1. The Labute approximate surface area is 184 Å². The Morgan fingerprint density at radius 2 is 1.67 bits per heavy atom. The van der Waals surface area contributed by atoms with Crippen LogP contribution in [-0.2, 0) is 20.9 Å². The van der Waals surface area contributed by atoms with E-state index in [1.165, 1.54) is 6.08 Å². The molecule has 2 aromatic carbocycles. The van der Waals surface area contributed by atoms with Gasteiger partial charge >= 0.3 is 12.1 Å². The molecule has 0 saturated heterocycles. The van der Waals surface area contributed by atoms with Crippen molar-refractivity contribution in [1.82, 2.24) is 5.32 Å². The maximum atomic E-state index is 12.1. The number of carbonyl (C=O) groups excluding carboxylic acids is 2. The van der Waals surface area contributed by atoms with Crippen LogP contribution in [0.15, 0.2) is 54.6 Å². The van der Waals surface area contributed by atoms with Gasteiger partial charge in [0.1, 0.15) is 5.60 Å². The van der Waals surface area contributed by atoms with E-state index >= 15 is 0 Å². The summed E-state index contributed by atoms with van der Waals surface area (Å²) in [6, 6.07) is 12.2. The molecule has 1 amide bonds. The maximum Gasteiger partial charge on any atom is 0.408 e. The van der Waals surface area contributed by atoms with Crippen molar-refractivity contribution in [1.29, 1.82) is 0 Å². The average Bonchev–Trinajstić information content (AvgIpc) is 2.64. The number of amides is 1. The van der Waals surface area contributed by atoms with Crippen molar-refractivity contribution in [2.75, 3.05) is 0 Å². The lowest BCUT2D eigenvalue weighted by Crippen LogP contribution is -2.39. The largest absolute Gasteiger partial charge is 0.444 e. The van der Waals surface area contributed by atoms with Gasteiger partial charge < -0.3 is 10.1 Å². The third-order valence-corrected chi connectivity index (χ3v) is 4.28. The summed E-state index contributed by atoms with van der Waals surface area (Å²) in [6.07, 6.45) is 1.93. The van der Waals surface area contributed by atoms with E-state index in [0.717, 1.165) is 22.8 Å². The highest BCUT2D eigenvalue weighted by Crippen LogP contribution is 2.27. The van der Waals surface area contributed by atoms with Gasteiger partial charge in [0, 0.05) is 20.6 Å². The summed E-state index contributed by atoms with van der Waals surface area (Å²) in [5.74, 6) is -1.17. The second kappa shape index (κ2) is 10.5. The summed E-state index contributed by atoms with van der Waals surface area (Å²) in [7, 11) is 0. The van der Waals surface area contributed by atoms with Crippen LogP contribution >= 0.6 is 23.2 Å². The van der Waals surface area contributed by atoms with E-state index in [-0.39, 0.29) is 0 Å². The van der Waals surface area contributed by atoms with E-state index < -0.39 is 23.7 Å². The molecular formula is C22H22Cl2FNO4. The molecule has 2 rings (SSSR count). The topological polar surface area (TPSA) is 64.6 Å². The zero-order valence-corrected chi connectivity index (χ0v) is 18.3. The van der Waals surface area contributed by atoms with Crippen molar-refractivity contribution >= 4 is 35.3 Å². The Hall–Kier alpha value is -2.57. The van der Waals surface area contributed by atoms with Crippen LogP contribution in [0.1, 0.15) is 26.3 Å². The van der Waals surface area contributed by atoms with Gasteiger partial charge in [0.2, 0.25) is 0 Å². The molecule has 0 aliphatic heterocycles. The molecule has 0 aliphatic carbocycles.